The highest BCUT2D eigenvalue weighted by atomic mass is 35.5. The third-order valence-corrected chi connectivity index (χ3v) is 1.63. The Balaban J connectivity index is 3.57. The summed E-state index contributed by atoms with van der Waals surface area (Å²) >= 11 is 5.52. The number of nitrogens with zero attached hydrogens (tertiary/aromatic N) is 1. The highest BCUT2D eigenvalue weighted by molar-refractivity contribution is 6.20. The molecule has 0 bridgehead atoms. The molecule has 0 aromatic heterocycles. The fourth-order valence-electron chi connectivity index (χ4n) is 0.556. The van der Waals surface area contributed by atoms with E-state index < -0.39 is 0 Å². The van der Waals surface area contributed by atoms with Crippen LogP contribution in [-0.2, 0) is 9.63 Å². The van der Waals surface area contributed by atoms with Crippen LogP contribution < -0.4 is 0 Å². The van der Waals surface area contributed by atoms with Crippen molar-refractivity contribution in [3.63, 3.8) is 0 Å². The summed E-state index contributed by atoms with van der Waals surface area (Å²) in [5, 5.41) is 0. The summed E-state index contributed by atoms with van der Waals surface area (Å²) in [5.74, 6) is -0.322. The smallest absolute Gasteiger partial charge is 0.264 e. The van der Waals surface area contributed by atoms with Crippen LogP contribution in [-0.4, -0.2) is 17.1 Å². The molecule has 0 unspecified atom stereocenters. The summed E-state index contributed by atoms with van der Waals surface area (Å²) in [6, 6.07) is 0. The van der Waals surface area contributed by atoms with Crippen molar-refractivity contribution in [3.8, 4) is 0 Å². The molecule has 0 aliphatic rings. The van der Waals surface area contributed by atoms with Gasteiger partial charge in [-0.05, 0) is 6.42 Å². The van der Waals surface area contributed by atoms with Crippen LogP contribution in [0, 0.1) is 5.92 Å². The second-order valence-electron chi connectivity index (χ2n) is 2.92. The Morgan fingerprint density at radius 2 is 2.17 bits per heavy atom. The first-order valence-electron chi connectivity index (χ1n) is 4.22. The van der Waals surface area contributed by atoms with Crippen molar-refractivity contribution < 1.29 is 9.63 Å². The van der Waals surface area contributed by atoms with Crippen LogP contribution in [0.4, 0.5) is 0 Å². The van der Waals surface area contributed by atoms with Gasteiger partial charge in [0, 0.05) is 17.7 Å². The minimum Gasteiger partial charge on any atom is -0.271 e. The van der Waals surface area contributed by atoms with E-state index in [0.717, 1.165) is 17.4 Å². The van der Waals surface area contributed by atoms with E-state index in [1.54, 1.807) is 13.8 Å². The van der Waals surface area contributed by atoms with Gasteiger partial charge < -0.3 is 0 Å². The van der Waals surface area contributed by atoms with Crippen LogP contribution in [0.2, 0.25) is 0 Å². The number of halogens is 1. The maximum absolute atomic E-state index is 11.1. The number of unbranched alkanes of at least 4 members (excludes halogenated alkanes) is 1. The zero-order chi connectivity index (χ0) is 9.56. The summed E-state index contributed by atoms with van der Waals surface area (Å²) in [7, 11) is 0. The number of hydroxylamine groups is 1. The molecular weight excluding hydrogens is 178 g/mol. The highest BCUT2D eigenvalue weighted by Gasteiger charge is 2.15. The molecule has 0 radical (unpaired) electrons. The Kier molecular flexibility index (Phi) is 6.11. The Bertz CT molecular complexity index is 139. The summed E-state index contributed by atoms with van der Waals surface area (Å²) in [6.07, 6.45) is 1.94. The molecule has 0 aromatic rings. The summed E-state index contributed by atoms with van der Waals surface area (Å²) < 4.78 is 0.806. The molecule has 0 atom stereocenters. The lowest BCUT2D eigenvalue weighted by atomic mass is 10.2. The van der Waals surface area contributed by atoms with Gasteiger partial charge in [-0.25, -0.2) is 0 Å². The molecule has 4 heteroatoms. The Hall–Kier alpha value is -0.280. The molecule has 0 spiro atoms. The number of carbonyl (C=O) groups is 1. The van der Waals surface area contributed by atoms with Crippen LogP contribution >= 0.6 is 11.8 Å². The van der Waals surface area contributed by atoms with Crippen molar-refractivity contribution in [2.45, 2.75) is 33.6 Å². The van der Waals surface area contributed by atoms with Crippen LogP contribution in [0.25, 0.3) is 0 Å². The van der Waals surface area contributed by atoms with E-state index in [2.05, 4.69) is 0 Å². The predicted octanol–water partition coefficient (Wildman–Crippen LogP) is 2.36. The van der Waals surface area contributed by atoms with Crippen molar-refractivity contribution >= 4 is 17.7 Å². The van der Waals surface area contributed by atoms with Gasteiger partial charge in [0.15, 0.2) is 0 Å². The lowest BCUT2D eigenvalue weighted by Crippen LogP contribution is -2.26. The Morgan fingerprint density at radius 3 is 2.58 bits per heavy atom. The largest absolute Gasteiger partial charge is 0.271 e. The normalized spacial score (nSPS) is 10.4. The monoisotopic (exact) mass is 193 g/mol. The topological polar surface area (TPSA) is 29.5 Å². The third kappa shape index (κ3) is 4.57. The number of amides is 1. The fraction of sp³-hybridized carbons (Fsp3) is 0.875. The first kappa shape index (κ1) is 11.7. The SMILES string of the molecule is CCCCON(Cl)C(=O)C(C)C. The highest BCUT2D eigenvalue weighted by Crippen LogP contribution is 2.05. The minimum absolute atomic E-state index is 0.121. The first-order valence-corrected chi connectivity index (χ1v) is 4.56. The molecule has 0 saturated heterocycles. The third-order valence-electron chi connectivity index (χ3n) is 1.37. The van der Waals surface area contributed by atoms with Crippen LogP contribution in [0.5, 0.6) is 0 Å². The van der Waals surface area contributed by atoms with E-state index in [9.17, 15) is 4.79 Å². The van der Waals surface area contributed by atoms with E-state index in [1.165, 1.54) is 0 Å². The molecule has 1 amide bonds. The van der Waals surface area contributed by atoms with Crippen molar-refractivity contribution in [3.05, 3.63) is 0 Å². The Labute approximate surface area is 78.7 Å². The molecule has 0 rings (SSSR count). The van der Waals surface area contributed by atoms with Crippen LogP contribution in [0.1, 0.15) is 33.6 Å². The van der Waals surface area contributed by atoms with Crippen molar-refractivity contribution in [1.82, 2.24) is 4.58 Å². The summed E-state index contributed by atoms with van der Waals surface area (Å²) in [5.41, 5.74) is 0. The van der Waals surface area contributed by atoms with E-state index >= 15 is 0 Å². The predicted molar refractivity (Wildman–Crippen MR) is 48.4 cm³/mol. The van der Waals surface area contributed by atoms with E-state index in [4.69, 9.17) is 16.6 Å². The minimum atomic E-state index is -0.201. The van der Waals surface area contributed by atoms with Crippen LogP contribution in [0.3, 0.4) is 0 Å². The average Bonchev–Trinajstić information content (AvgIpc) is 2.03. The molecule has 12 heavy (non-hydrogen) atoms. The number of rotatable bonds is 5. The van der Waals surface area contributed by atoms with Gasteiger partial charge in [-0.3, -0.25) is 9.63 Å². The van der Waals surface area contributed by atoms with E-state index in [0.29, 0.717) is 6.61 Å². The molecule has 0 saturated carbocycles. The van der Waals surface area contributed by atoms with Crippen molar-refractivity contribution in [2.75, 3.05) is 6.61 Å². The number of hydrogen-bond donors (Lipinski definition) is 0. The van der Waals surface area contributed by atoms with Crippen molar-refractivity contribution in [2.24, 2.45) is 5.92 Å². The molecule has 0 aliphatic carbocycles. The van der Waals surface area contributed by atoms with E-state index in [-0.39, 0.29) is 11.8 Å². The van der Waals surface area contributed by atoms with Gasteiger partial charge in [-0.1, -0.05) is 27.2 Å². The molecule has 0 heterocycles. The van der Waals surface area contributed by atoms with Gasteiger partial charge in [0.05, 0.1) is 6.61 Å². The van der Waals surface area contributed by atoms with E-state index in [1.807, 2.05) is 6.92 Å². The van der Waals surface area contributed by atoms with Crippen molar-refractivity contribution in [1.29, 1.82) is 0 Å². The molecular formula is C8H16ClNO2. The quantitative estimate of drug-likeness (QED) is 0.381. The molecule has 0 fully saturated rings. The maximum atomic E-state index is 11.1. The van der Waals surface area contributed by atoms with Crippen LogP contribution in [0.15, 0.2) is 0 Å². The molecule has 0 N–H and O–H groups in total. The van der Waals surface area contributed by atoms with Gasteiger partial charge in [0.2, 0.25) is 0 Å². The number of carbonyl (C=O) groups excluding carboxylic acids is 1. The lowest BCUT2D eigenvalue weighted by Gasteiger charge is -2.14. The fourth-order valence-corrected chi connectivity index (χ4v) is 0.820. The maximum Gasteiger partial charge on any atom is 0.264 e. The lowest BCUT2D eigenvalue weighted by molar-refractivity contribution is -0.162. The standard InChI is InChI=1S/C8H16ClNO2/c1-4-5-6-12-10(9)8(11)7(2)3/h7H,4-6H2,1-3H3. The van der Waals surface area contributed by atoms with Gasteiger partial charge in [-0.2, -0.15) is 0 Å². The first-order chi connectivity index (χ1) is 5.59. The second kappa shape index (κ2) is 6.26. The zero-order valence-electron chi connectivity index (χ0n) is 7.84. The molecule has 0 aromatic carbocycles. The van der Waals surface area contributed by atoms with Gasteiger partial charge in [0.1, 0.15) is 0 Å². The molecule has 0 aliphatic heterocycles. The molecule has 72 valence electrons. The van der Waals surface area contributed by atoms with Gasteiger partial charge in [-0.15, -0.1) is 4.58 Å². The Morgan fingerprint density at radius 1 is 1.58 bits per heavy atom. The van der Waals surface area contributed by atoms with Gasteiger partial charge in [0.25, 0.3) is 5.91 Å². The summed E-state index contributed by atoms with van der Waals surface area (Å²) in [6.45, 7) is 6.10. The average molecular weight is 194 g/mol. The number of hydrogen-bond acceptors (Lipinski definition) is 2. The molecule has 3 nitrogen and oxygen atoms in total. The van der Waals surface area contributed by atoms with Gasteiger partial charge >= 0.3 is 0 Å². The second-order valence-corrected chi connectivity index (χ2v) is 3.23. The zero-order valence-corrected chi connectivity index (χ0v) is 8.60. The summed E-state index contributed by atoms with van der Waals surface area (Å²) in [4.78, 5) is 16.1.